The molecule has 0 atom stereocenters. The minimum Gasteiger partial charge on any atom is -0.472 e. The first-order chi connectivity index (χ1) is 6.27. The van der Waals surface area contributed by atoms with Crippen LogP contribution in [0.4, 0.5) is 0 Å². The SMILES string of the molecule is CC(C)c1noc(-c2ccoc2)n1. The van der Waals surface area contributed by atoms with Crippen molar-refractivity contribution < 1.29 is 8.94 Å². The molecule has 4 nitrogen and oxygen atoms in total. The van der Waals surface area contributed by atoms with Gasteiger partial charge < -0.3 is 8.94 Å². The molecule has 0 aliphatic carbocycles. The zero-order chi connectivity index (χ0) is 9.26. The second-order valence-corrected chi connectivity index (χ2v) is 3.12. The Kier molecular flexibility index (Phi) is 1.88. The van der Waals surface area contributed by atoms with Crippen molar-refractivity contribution in [1.82, 2.24) is 10.1 Å². The molecular weight excluding hydrogens is 168 g/mol. The molecule has 0 aliphatic rings. The highest BCUT2D eigenvalue weighted by Crippen LogP contribution is 2.19. The highest BCUT2D eigenvalue weighted by molar-refractivity contribution is 5.49. The molecule has 0 fully saturated rings. The number of hydrogen-bond acceptors (Lipinski definition) is 4. The zero-order valence-electron chi connectivity index (χ0n) is 7.52. The van der Waals surface area contributed by atoms with E-state index in [1.807, 2.05) is 13.8 Å². The quantitative estimate of drug-likeness (QED) is 0.708. The fraction of sp³-hybridized carbons (Fsp3) is 0.333. The molecule has 13 heavy (non-hydrogen) atoms. The summed E-state index contributed by atoms with van der Waals surface area (Å²) in [6.07, 6.45) is 3.16. The van der Waals surface area contributed by atoms with Gasteiger partial charge in [0, 0.05) is 5.92 Å². The summed E-state index contributed by atoms with van der Waals surface area (Å²) in [6.45, 7) is 4.04. The van der Waals surface area contributed by atoms with Crippen LogP contribution in [0.15, 0.2) is 27.5 Å². The van der Waals surface area contributed by atoms with Crippen LogP contribution in [0.2, 0.25) is 0 Å². The fourth-order valence-electron chi connectivity index (χ4n) is 0.973. The van der Waals surface area contributed by atoms with Crippen molar-refractivity contribution >= 4 is 0 Å². The number of nitrogens with zero attached hydrogens (tertiary/aromatic N) is 2. The van der Waals surface area contributed by atoms with Gasteiger partial charge in [0.05, 0.1) is 11.8 Å². The Morgan fingerprint density at radius 2 is 2.23 bits per heavy atom. The fourth-order valence-corrected chi connectivity index (χ4v) is 0.973. The van der Waals surface area contributed by atoms with E-state index in [2.05, 4.69) is 10.1 Å². The van der Waals surface area contributed by atoms with Gasteiger partial charge in [0.25, 0.3) is 5.89 Å². The van der Waals surface area contributed by atoms with Crippen LogP contribution in [0, 0.1) is 0 Å². The van der Waals surface area contributed by atoms with Crippen LogP contribution in [0.3, 0.4) is 0 Å². The largest absolute Gasteiger partial charge is 0.472 e. The molecule has 0 radical (unpaired) electrons. The first-order valence-corrected chi connectivity index (χ1v) is 4.13. The second kappa shape index (κ2) is 3.05. The smallest absolute Gasteiger partial charge is 0.261 e. The van der Waals surface area contributed by atoms with E-state index in [0.29, 0.717) is 5.89 Å². The Bertz CT molecular complexity index is 376. The number of hydrogen-bond donors (Lipinski definition) is 0. The predicted molar refractivity (Wildman–Crippen MR) is 46.1 cm³/mol. The van der Waals surface area contributed by atoms with E-state index in [-0.39, 0.29) is 5.92 Å². The molecular formula is C9H10N2O2. The molecule has 0 spiro atoms. The maximum atomic E-state index is 5.05. The van der Waals surface area contributed by atoms with Crippen LogP contribution in [0.25, 0.3) is 11.5 Å². The first kappa shape index (κ1) is 8.04. The molecule has 2 aromatic heterocycles. The maximum Gasteiger partial charge on any atom is 0.261 e. The zero-order valence-corrected chi connectivity index (χ0v) is 7.52. The van der Waals surface area contributed by atoms with Gasteiger partial charge in [0.2, 0.25) is 0 Å². The molecule has 0 saturated heterocycles. The van der Waals surface area contributed by atoms with E-state index < -0.39 is 0 Å². The molecule has 0 saturated carbocycles. The summed E-state index contributed by atoms with van der Waals surface area (Å²) in [7, 11) is 0. The summed E-state index contributed by atoms with van der Waals surface area (Å²) in [5.41, 5.74) is 0.819. The van der Waals surface area contributed by atoms with Crippen LogP contribution in [-0.2, 0) is 0 Å². The first-order valence-electron chi connectivity index (χ1n) is 4.13. The summed E-state index contributed by atoms with van der Waals surface area (Å²) < 4.78 is 9.96. The topological polar surface area (TPSA) is 52.1 Å². The van der Waals surface area contributed by atoms with Gasteiger partial charge in [-0.3, -0.25) is 0 Å². The number of furan rings is 1. The van der Waals surface area contributed by atoms with E-state index in [0.717, 1.165) is 11.4 Å². The summed E-state index contributed by atoms with van der Waals surface area (Å²) in [5, 5.41) is 3.84. The van der Waals surface area contributed by atoms with Crippen molar-refractivity contribution in [1.29, 1.82) is 0 Å². The lowest BCUT2D eigenvalue weighted by atomic mass is 10.2. The van der Waals surface area contributed by atoms with Crippen LogP contribution in [0.5, 0.6) is 0 Å². The lowest BCUT2D eigenvalue weighted by molar-refractivity contribution is 0.418. The van der Waals surface area contributed by atoms with Crippen LogP contribution >= 0.6 is 0 Å². The van der Waals surface area contributed by atoms with Crippen LogP contribution in [-0.4, -0.2) is 10.1 Å². The van der Waals surface area contributed by atoms with Gasteiger partial charge >= 0.3 is 0 Å². The molecule has 0 aromatic carbocycles. The monoisotopic (exact) mass is 178 g/mol. The van der Waals surface area contributed by atoms with Crippen LogP contribution < -0.4 is 0 Å². The summed E-state index contributed by atoms with van der Waals surface area (Å²) in [4.78, 5) is 4.21. The minimum absolute atomic E-state index is 0.282. The Morgan fingerprint density at radius 1 is 1.38 bits per heavy atom. The van der Waals surface area contributed by atoms with E-state index in [1.54, 1.807) is 18.6 Å². The van der Waals surface area contributed by atoms with E-state index in [4.69, 9.17) is 8.94 Å². The summed E-state index contributed by atoms with van der Waals surface area (Å²) in [5.74, 6) is 1.51. The molecule has 0 bridgehead atoms. The molecule has 0 unspecified atom stereocenters. The predicted octanol–water partition coefficient (Wildman–Crippen LogP) is 2.45. The van der Waals surface area contributed by atoms with E-state index in [9.17, 15) is 0 Å². The van der Waals surface area contributed by atoms with Crippen molar-refractivity contribution in [3.63, 3.8) is 0 Å². The normalized spacial score (nSPS) is 11.0. The van der Waals surface area contributed by atoms with Crippen molar-refractivity contribution in [2.24, 2.45) is 0 Å². The third kappa shape index (κ3) is 1.47. The van der Waals surface area contributed by atoms with E-state index >= 15 is 0 Å². The highest BCUT2D eigenvalue weighted by atomic mass is 16.5. The van der Waals surface area contributed by atoms with Crippen LogP contribution in [0.1, 0.15) is 25.6 Å². The van der Waals surface area contributed by atoms with Crippen molar-refractivity contribution in [2.45, 2.75) is 19.8 Å². The lowest BCUT2D eigenvalue weighted by Crippen LogP contribution is -1.88. The average Bonchev–Trinajstić information content (AvgIpc) is 2.75. The molecule has 2 aromatic rings. The Labute approximate surface area is 75.6 Å². The van der Waals surface area contributed by atoms with Crippen molar-refractivity contribution in [3.8, 4) is 11.5 Å². The highest BCUT2D eigenvalue weighted by Gasteiger charge is 2.11. The summed E-state index contributed by atoms with van der Waals surface area (Å²) in [6, 6.07) is 1.79. The molecule has 2 heterocycles. The van der Waals surface area contributed by atoms with Gasteiger partial charge in [-0.2, -0.15) is 4.98 Å². The van der Waals surface area contributed by atoms with Gasteiger partial charge in [0.1, 0.15) is 6.26 Å². The lowest BCUT2D eigenvalue weighted by Gasteiger charge is -1.91. The van der Waals surface area contributed by atoms with Gasteiger partial charge in [-0.05, 0) is 6.07 Å². The maximum absolute atomic E-state index is 5.05. The second-order valence-electron chi connectivity index (χ2n) is 3.12. The van der Waals surface area contributed by atoms with E-state index in [1.165, 1.54) is 0 Å². The Balaban J connectivity index is 2.33. The van der Waals surface area contributed by atoms with Gasteiger partial charge in [-0.25, -0.2) is 0 Å². The average molecular weight is 178 g/mol. The summed E-state index contributed by atoms with van der Waals surface area (Å²) >= 11 is 0. The Hall–Kier alpha value is -1.58. The molecule has 0 aliphatic heterocycles. The number of aromatic nitrogens is 2. The standard InChI is InChI=1S/C9H10N2O2/c1-6(2)8-10-9(13-11-8)7-3-4-12-5-7/h3-6H,1-2H3. The van der Waals surface area contributed by atoms with Gasteiger partial charge in [-0.1, -0.05) is 19.0 Å². The third-order valence-corrected chi connectivity index (χ3v) is 1.73. The molecule has 0 amide bonds. The molecule has 68 valence electrons. The minimum atomic E-state index is 0.282. The third-order valence-electron chi connectivity index (χ3n) is 1.73. The molecule has 2 rings (SSSR count). The molecule has 4 heteroatoms. The molecule has 0 N–H and O–H groups in total. The van der Waals surface area contributed by atoms with Crippen molar-refractivity contribution in [2.75, 3.05) is 0 Å². The Morgan fingerprint density at radius 3 is 2.77 bits per heavy atom. The van der Waals surface area contributed by atoms with Crippen molar-refractivity contribution in [3.05, 3.63) is 24.4 Å². The number of rotatable bonds is 2. The van der Waals surface area contributed by atoms with Gasteiger partial charge in [0.15, 0.2) is 5.82 Å². The van der Waals surface area contributed by atoms with Gasteiger partial charge in [-0.15, -0.1) is 0 Å².